The molecule has 0 bridgehead atoms. The van der Waals surface area contributed by atoms with E-state index in [1.165, 1.54) is 0 Å². The molecule has 122 valence electrons. The Kier molecular flexibility index (Phi) is 4.01. The van der Waals surface area contributed by atoms with Gasteiger partial charge >= 0.3 is 0 Å². The van der Waals surface area contributed by atoms with Gasteiger partial charge in [0, 0.05) is 5.56 Å². The van der Waals surface area contributed by atoms with Crippen molar-refractivity contribution in [1.29, 1.82) is 0 Å². The molecule has 0 saturated heterocycles. The van der Waals surface area contributed by atoms with Crippen LogP contribution in [0.25, 0.3) is 0 Å². The number of rotatable bonds is 4. The standard InChI is InChI=1S/C21H16N2O2/c24-21-20(18-8-4-5-9-19(18)23-21)22-16-10-12-17(13-11-16)25-14-15-6-2-1-3-7-15/h1-13H,14H2,(H,22,23,24). The van der Waals surface area contributed by atoms with E-state index in [1.807, 2.05) is 78.9 Å². The number of amides is 1. The number of carbonyl (C=O) groups excluding carboxylic acids is 1. The van der Waals surface area contributed by atoms with E-state index in [0.29, 0.717) is 18.0 Å². The molecule has 1 heterocycles. The van der Waals surface area contributed by atoms with Crippen molar-refractivity contribution >= 4 is 23.0 Å². The topological polar surface area (TPSA) is 50.7 Å². The first-order chi connectivity index (χ1) is 12.3. The Morgan fingerprint density at radius 1 is 0.840 bits per heavy atom. The van der Waals surface area contributed by atoms with Crippen LogP contribution in [0.1, 0.15) is 11.1 Å². The van der Waals surface area contributed by atoms with Gasteiger partial charge in [-0.3, -0.25) is 4.79 Å². The smallest absolute Gasteiger partial charge is 0.275 e. The van der Waals surface area contributed by atoms with Crippen LogP contribution in [0.4, 0.5) is 11.4 Å². The summed E-state index contributed by atoms with van der Waals surface area (Å²) in [5.74, 6) is 0.592. The van der Waals surface area contributed by atoms with Crippen molar-refractivity contribution in [2.75, 3.05) is 5.32 Å². The van der Waals surface area contributed by atoms with Crippen LogP contribution >= 0.6 is 0 Å². The Hall–Kier alpha value is -3.40. The maximum absolute atomic E-state index is 12.1. The highest BCUT2D eigenvalue weighted by atomic mass is 16.5. The van der Waals surface area contributed by atoms with Crippen molar-refractivity contribution in [1.82, 2.24) is 0 Å². The number of ether oxygens (including phenoxy) is 1. The molecule has 4 nitrogen and oxygen atoms in total. The monoisotopic (exact) mass is 328 g/mol. The van der Waals surface area contributed by atoms with Crippen molar-refractivity contribution < 1.29 is 9.53 Å². The van der Waals surface area contributed by atoms with E-state index in [2.05, 4.69) is 10.3 Å². The van der Waals surface area contributed by atoms with Gasteiger partial charge in [0.2, 0.25) is 0 Å². The molecule has 0 unspecified atom stereocenters. The summed E-state index contributed by atoms with van der Waals surface area (Å²) in [6.07, 6.45) is 0. The van der Waals surface area contributed by atoms with Crippen molar-refractivity contribution in [3.63, 3.8) is 0 Å². The lowest BCUT2D eigenvalue weighted by Gasteiger charge is -2.06. The minimum absolute atomic E-state index is 0.175. The molecule has 0 fully saturated rings. The summed E-state index contributed by atoms with van der Waals surface area (Å²) in [5.41, 5.74) is 3.90. The first-order valence-corrected chi connectivity index (χ1v) is 8.06. The lowest BCUT2D eigenvalue weighted by molar-refractivity contribution is -0.110. The average Bonchev–Trinajstić information content (AvgIpc) is 2.97. The minimum atomic E-state index is -0.175. The summed E-state index contributed by atoms with van der Waals surface area (Å²) in [7, 11) is 0. The van der Waals surface area contributed by atoms with Gasteiger partial charge in [0.25, 0.3) is 5.91 Å². The Bertz CT molecular complexity index is 932. The number of para-hydroxylation sites is 1. The number of hydrogen-bond donors (Lipinski definition) is 1. The van der Waals surface area contributed by atoms with Gasteiger partial charge in [0.05, 0.1) is 11.4 Å². The lowest BCUT2D eigenvalue weighted by Crippen LogP contribution is -2.13. The lowest BCUT2D eigenvalue weighted by atomic mass is 10.1. The number of carbonyl (C=O) groups is 1. The van der Waals surface area contributed by atoms with Crippen LogP contribution in [-0.2, 0) is 11.4 Å². The fourth-order valence-corrected chi connectivity index (χ4v) is 2.70. The van der Waals surface area contributed by atoms with E-state index in [1.54, 1.807) is 0 Å². The molecule has 0 aliphatic carbocycles. The molecule has 1 aliphatic heterocycles. The van der Waals surface area contributed by atoms with Gasteiger partial charge in [-0.1, -0.05) is 48.5 Å². The van der Waals surface area contributed by atoms with Crippen molar-refractivity contribution in [3.8, 4) is 5.75 Å². The predicted molar refractivity (Wildman–Crippen MR) is 98.5 cm³/mol. The van der Waals surface area contributed by atoms with Gasteiger partial charge in [0.1, 0.15) is 18.1 Å². The van der Waals surface area contributed by atoms with Crippen LogP contribution in [0.5, 0.6) is 5.75 Å². The third-order valence-electron chi connectivity index (χ3n) is 3.97. The van der Waals surface area contributed by atoms with Gasteiger partial charge in [-0.2, -0.15) is 0 Å². The van der Waals surface area contributed by atoms with Crippen LogP contribution < -0.4 is 10.1 Å². The maximum atomic E-state index is 12.1. The number of fused-ring (bicyclic) bond motifs is 1. The summed E-state index contributed by atoms with van der Waals surface area (Å²) < 4.78 is 5.77. The van der Waals surface area contributed by atoms with E-state index in [0.717, 1.165) is 22.6 Å². The van der Waals surface area contributed by atoms with E-state index in [4.69, 9.17) is 4.74 Å². The normalized spacial score (nSPS) is 14.2. The molecule has 1 amide bonds. The molecule has 4 rings (SSSR count). The molecular weight excluding hydrogens is 312 g/mol. The third kappa shape index (κ3) is 3.28. The summed E-state index contributed by atoms with van der Waals surface area (Å²) in [5, 5.41) is 2.82. The van der Waals surface area contributed by atoms with Crippen molar-refractivity contribution in [2.24, 2.45) is 4.99 Å². The first-order valence-electron chi connectivity index (χ1n) is 8.06. The van der Waals surface area contributed by atoms with E-state index in [-0.39, 0.29) is 5.91 Å². The van der Waals surface area contributed by atoms with E-state index in [9.17, 15) is 4.79 Å². The number of nitrogens with zero attached hydrogens (tertiary/aromatic N) is 1. The van der Waals surface area contributed by atoms with Crippen LogP contribution in [0.2, 0.25) is 0 Å². The summed E-state index contributed by atoms with van der Waals surface area (Å²) in [6, 6.07) is 25.0. The second-order valence-electron chi connectivity index (χ2n) is 5.73. The molecule has 0 radical (unpaired) electrons. The zero-order valence-corrected chi connectivity index (χ0v) is 13.5. The molecule has 4 heteroatoms. The van der Waals surface area contributed by atoms with Gasteiger partial charge in [0.15, 0.2) is 0 Å². The molecular formula is C21H16N2O2. The Morgan fingerprint density at radius 3 is 2.36 bits per heavy atom. The Labute approximate surface area is 145 Å². The SMILES string of the molecule is O=C1Nc2ccccc2C1=Nc1ccc(OCc2ccccc2)cc1. The summed E-state index contributed by atoms with van der Waals surface area (Å²) in [6.45, 7) is 0.518. The Morgan fingerprint density at radius 2 is 1.56 bits per heavy atom. The highest BCUT2D eigenvalue weighted by molar-refractivity contribution is 6.54. The van der Waals surface area contributed by atoms with Crippen LogP contribution in [-0.4, -0.2) is 11.6 Å². The molecule has 3 aromatic carbocycles. The molecule has 1 N–H and O–H groups in total. The molecule has 0 saturated carbocycles. The summed E-state index contributed by atoms with van der Waals surface area (Å²) >= 11 is 0. The zero-order chi connectivity index (χ0) is 17.1. The number of aliphatic imine (C=N–C) groups is 1. The van der Waals surface area contributed by atoms with Gasteiger partial charge in [-0.05, 0) is 35.9 Å². The van der Waals surface area contributed by atoms with E-state index >= 15 is 0 Å². The second-order valence-corrected chi connectivity index (χ2v) is 5.73. The molecule has 3 aromatic rings. The zero-order valence-electron chi connectivity index (χ0n) is 13.5. The van der Waals surface area contributed by atoms with Crippen LogP contribution in [0.15, 0.2) is 83.9 Å². The van der Waals surface area contributed by atoms with Crippen LogP contribution in [0.3, 0.4) is 0 Å². The quantitative estimate of drug-likeness (QED) is 0.774. The molecule has 1 aliphatic rings. The molecule has 0 atom stereocenters. The van der Waals surface area contributed by atoms with Gasteiger partial charge in [-0.25, -0.2) is 4.99 Å². The first kappa shape index (κ1) is 15.1. The molecule has 0 aromatic heterocycles. The van der Waals surface area contributed by atoms with Gasteiger partial charge in [-0.15, -0.1) is 0 Å². The van der Waals surface area contributed by atoms with Crippen molar-refractivity contribution in [2.45, 2.75) is 6.61 Å². The third-order valence-corrected chi connectivity index (χ3v) is 3.97. The number of anilines is 1. The average molecular weight is 328 g/mol. The minimum Gasteiger partial charge on any atom is -0.489 e. The Balaban J connectivity index is 1.50. The van der Waals surface area contributed by atoms with E-state index < -0.39 is 0 Å². The number of nitrogens with one attached hydrogen (secondary N) is 1. The van der Waals surface area contributed by atoms with Crippen LogP contribution in [0, 0.1) is 0 Å². The largest absolute Gasteiger partial charge is 0.489 e. The summed E-state index contributed by atoms with van der Waals surface area (Å²) in [4.78, 5) is 16.6. The highest BCUT2D eigenvalue weighted by Gasteiger charge is 2.25. The predicted octanol–water partition coefficient (Wildman–Crippen LogP) is 4.34. The molecule has 0 spiro atoms. The maximum Gasteiger partial charge on any atom is 0.275 e. The van der Waals surface area contributed by atoms with Crippen molar-refractivity contribution in [3.05, 3.63) is 90.0 Å². The highest BCUT2D eigenvalue weighted by Crippen LogP contribution is 2.26. The molecule has 25 heavy (non-hydrogen) atoms. The second kappa shape index (κ2) is 6.61. The fourth-order valence-electron chi connectivity index (χ4n) is 2.70. The number of benzene rings is 3. The van der Waals surface area contributed by atoms with Gasteiger partial charge < -0.3 is 10.1 Å². The fraction of sp³-hybridized carbons (Fsp3) is 0.0476. The number of hydrogen-bond acceptors (Lipinski definition) is 3.